The number of nitrogens with zero attached hydrogens (tertiary/aromatic N) is 1. The van der Waals surface area contributed by atoms with Gasteiger partial charge in [-0.2, -0.15) is 0 Å². The van der Waals surface area contributed by atoms with Crippen molar-refractivity contribution >= 4 is 22.6 Å². The normalized spacial score (nSPS) is 21.0. The first kappa shape index (κ1) is 14.8. The number of ether oxygens (including phenoxy) is 1. The Bertz CT molecular complexity index is 717. The molecule has 0 radical (unpaired) electrons. The van der Waals surface area contributed by atoms with E-state index in [0.717, 1.165) is 36.0 Å². The number of rotatable bonds is 3. The van der Waals surface area contributed by atoms with Gasteiger partial charge in [0.05, 0.1) is 13.0 Å². The number of fused-ring (bicyclic) bond motifs is 1. The molecule has 0 aliphatic heterocycles. The highest BCUT2D eigenvalue weighted by atomic mass is 19.1. The summed E-state index contributed by atoms with van der Waals surface area (Å²) in [4.78, 5) is 15.9. The van der Waals surface area contributed by atoms with Gasteiger partial charge in [0, 0.05) is 22.8 Å². The van der Waals surface area contributed by atoms with E-state index in [1.54, 1.807) is 6.07 Å². The number of para-hydroxylation sites is 1. The van der Waals surface area contributed by atoms with Gasteiger partial charge in [0.25, 0.3) is 0 Å². The maximum Gasteiger partial charge on any atom is 0.308 e. The highest BCUT2D eigenvalue weighted by molar-refractivity contribution is 5.92. The van der Waals surface area contributed by atoms with Crippen LogP contribution in [-0.4, -0.2) is 24.1 Å². The zero-order chi connectivity index (χ0) is 15.7. The first-order valence-corrected chi connectivity index (χ1v) is 7.48. The van der Waals surface area contributed by atoms with Crippen LogP contribution in [-0.2, 0) is 9.53 Å². The van der Waals surface area contributed by atoms with Crippen molar-refractivity contribution in [3.05, 3.63) is 35.8 Å². The summed E-state index contributed by atoms with van der Waals surface area (Å²) in [6, 6.07) is 7.08. The molecule has 0 unspecified atom stereocenters. The van der Waals surface area contributed by atoms with E-state index in [9.17, 15) is 9.18 Å². The van der Waals surface area contributed by atoms with Crippen molar-refractivity contribution in [2.45, 2.75) is 32.2 Å². The minimum absolute atomic E-state index is 0.0477. The monoisotopic (exact) mass is 302 g/mol. The molecule has 1 aliphatic rings. The Labute approximate surface area is 128 Å². The molecule has 1 aliphatic carbocycles. The first-order valence-electron chi connectivity index (χ1n) is 7.48. The van der Waals surface area contributed by atoms with Crippen molar-refractivity contribution in [1.29, 1.82) is 0 Å². The van der Waals surface area contributed by atoms with Gasteiger partial charge in [-0.3, -0.25) is 4.79 Å². The number of carbonyl (C=O) groups is 1. The largest absolute Gasteiger partial charge is 0.469 e. The van der Waals surface area contributed by atoms with E-state index in [2.05, 4.69) is 10.3 Å². The van der Waals surface area contributed by atoms with Gasteiger partial charge >= 0.3 is 5.97 Å². The second-order valence-corrected chi connectivity index (χ2v) is 5.82. The van der Waals surface area contributed by atoms with Crippen LogP contribution < -0.4 is 5.32 Å². The van der Waals surface area contributed by atoms with Crippen LogP contribution in [0.5, 0.6) is 0 Å². The molecule has 2 atom stereocenters. The van der Waals surface area contributed by atoms with Gasteiger partial charge in [0.15, 0.2) is 0 Å². The van der Waals surface area contributed by atoms with Gasteiger partial charge in [-0.15, -0.1) is 0 Å². The van der Waals surface area contributed by atoms with E-state index in [1.165, 1.54) is 13.2 Å². The number of anilines is 1. The van der Waals surface area contributed by atoms with E-state index in [1.807, 2.05) is 19.1 Å². The molecule has 3 rings (SSSR count). The van der Waals surface area contributed by atoms with Gasteiger partial charge in [0.1, 0.15) is 11.3 Å². The lowest BCUT2D eigenvalue weighted by Gasteiger charge is -2.17. The van der Waals surface area contributed by atoms with Crippen molar-refractivity contribution in [2.75, 3.05) is 12.4 Å². The third-order valence-electron chi connectivity index (χ3n) is 4.25. The highest BCUT2D eigenvalue weighted by Crippen LogP contribution is 2.32. The standard InChI is InChI=1S/C17H19FN2O2/c1-10-8-15(13-4-3-5-14(18)16(13)19-10)20-12-7-6-11(9-12)17(21)22-2/h3-5,8,11-12H,6-7,9H2,1-2H3,(H,19,20)/t11-,12+/m0/s1. The van der Waals surface area contributed by atoms with Crippen LogP contribution in [0.1, 0.15) is 25.0 Å². The van der Waals surface area contributed by atoms with Crippen molar-refractivity contribution in [3.63, 3.8) is 0 Å². The first-order chi connectivity index (χ1) is 10.6. The third kappa shape index (κ3) is 2.75. The zero-order valence-corrected chi connectivity index (χ0v) is 12.7. The molecule has 1 saturated carbocycles. The average Bonchev–Trinajstić information content (AvgIpc) is 2.96. The van der Waals surface area contributed by atoms with Gasteiger partial charge < -0.3 is 10.1 Å². The molecule has 0 bridgehead atoms. The van der Waals surface area contributed by atoms with Crippen LogP contribution in [0.25, 0.3) is 10.9 Å². The van der Waals surface area contributed by atoms with E-state index in [-0.39, 0.29) is 23.7 Å². The molecule has 22 heavy (non-hydrogen) atoms. The minimum Gasteiger partial charge on any atom is -0.469 e. The van der Waals surface area contributed by atoms with E-state index in [4.69, 9.17) is 4.74 Å². The Morgan fingerprint density at radius 2 is 2.23 bits per heavy atom. The summed E-state index contributed by atoms with van der Waals surface area (Å²) in [5.41, 5.74) is 2.02. The second kappa shape index (κ2) is 5.91. The minimum atomic E-state index is -0.317. The van der Waals surface area contributed by atoms with Crippen LogP contribution >= 0.6 is 0 Å². The van der Waals surface area contributed by atoms with Crippen molar-refractivity contribution in [3.8, 4) is 0 Å². The predicted octanol–water partition coefficient (Wildman–Crippen LogP) is 3.44. The lowest BCUT2D eigenvalue weighted by molar-refractivity contribution is -0.145. The number of benzene rings is 1. The van der Waals surface area contributed by atoms with Crippen molar-refractivity contribution in [2.24, 2.45) is 5.92 Å². The van der Waals surface area contributed by atoms with Crippen LogP contribution in [0.2, 0.25) is 0 Å². The smallest absolute Gasteiger partial charge is 0.308 e. The molecule has 1 N–H and O–H groups in total. The maximum absolute atomic E-state index is 13.9. The zero-order valence-electron chi connectivity index (χ0n) is 12.7. The fourth-order valence-corrected chi connectivity index (χ4v) is 3.17. The number of hydrogen-bond donors (Lipinski definition) is 1. The van der Waals surface area contributed by atoms with Crippen LogP contribution in [0.4, 0.5) is 10.1 Å². The molecule has 1 heterocycles. The number of aryl methyl sites for hydroxylation is 1. The summed E-state index contributed by atoms with van der Waals surface area (Å²) < 4.78 is 18.7. The molecule has 1 fully saturated rings. The summed E-state index contributed by atoms with van der Waals surface area (Å²) >= 11 is 0. The summed E-state index contributed by atoms with van der Waals surface area (Å²) in [6.07, 6.45) is 2.46. The molecule has 0 saturated heterocycles. The number of methoxy groups -OCH3 is 1. The third-order valence-corrected chi connectivity index (χ3v) is 4.25. The topological polar surface area (TPSA) is 51.2 Å². The molecule has 1 aromatic heterocycles. The predicted molar refractivity (Wildman–Crippen MR) is 83.2 cm³/mol. The SMILES string of the molecule is COC(=O)[C@H]1CC[C@@H](Nc2cc(C)nc3c(F)cccc23)C1. The molecule has 0 amide bonds. The quantitative estimate of drug-likeness (QED) is 0.883. The van der Waals surface area contributed by atoms with Gasteiger partial charge in [0.2, 0.25) is 0 Å². The Balaban J connectivity index is 1.86. The number of aromatic nitrogens is 1. The van der Waals surface area contributed by atoms with Crippen molar-refractivity contribution < 1.29 is 13.9 Å². The molecule has 2 aromatic rings. The fourth-order valence-electron chi connectivity index (χ4n) is 3.17. The molecule has 116 valence electrons. The van der Waals surface area contributed by atoms with Crippen molar-refractivity contribution in [1.82, 2.24) is 4.98 Å². The number of nitrogens with one attached hydrogen (secondary N) is 1. The Kier molecular flexibility index (Phi) is 3.96. The summed E-state index contributed by atoms with van der Waals surface area (Å²) in [7, 11) is 1.42. The lowest BCUT2D eigenvalue weighted by atomic mass is 10.1. The summed E-state index contributed by atoms with van der Waals surface area (Å²) in [5, 5.41) is 4.22. The number of carbonyl (C=O) groups excluding carboxylic acids is 1. The molecule has 5 heteroatoms. The molecular weight excluding hydrogens is 283 g/mol. The van der Waals surface area contributed by atoms with E-state index >= 15 is 0 Å². The molecule has 1 aromatic carbocycles. The summed E-state index contributed by atoms with van der Waals surface area (Å²) in [6.45, 7) is 1.85. The van der Waals surface area contributed by atoms with Gasteiger partial charge in [-0.05, 0) is 38.3 Å². The van der Waals surface area contributed by atoms with Gasteiger partial charge in [-0.1, -0.05) is 12.1 Å². The lowest BCUT2D eigenvalue weighted by Crippen LogP contribution is -2.19. The van der Waals surface area contributed by atoms with Crippen LogP contribution in [0, 0.1) is 18.7 Å². The number of halogens is 1. The van der Waals surface area contributed by atoms with E-state index in [0.29, 0.717) is 5.52 Å². The molecular formula is C17H19FN2O2. The Morgan fingerprint density at radius 3 is 3.00 bits per heavy atom. The Morgan fingerprint density at radius 1 is 1.41 bits per heavy atom. The maximum atomic E-state index is 13.9. The molecule has 4 nitrogen and oxygen atoms in total. The Hall–Kier alpha value is -2.17. The summed E-state index contributed by atoms with van der Waals surface area (Å²) in [5.74, 6) is -0.511. The highest BCUT2D eigenvalue weighted by Gasteiger charge is 2.30. The number of pyridine rings is 1. The van der Waals surface area contributed by atoms with Gasteiger partial charge in [-0.25, -0.2) is 9.37 Å². The number of esters is 1. The molecule has 0 spiro atoms. The average molecular weight is 302 g/mol. The van der Waals surface area contributed by atoms with E-state index < -0.39 is 0 Å². The fraction of sp³-hybridized carbons (Fsp3) is 0.412. The van der Waals surface area contributed by atoms with Crippen LogP contribution in [0.3, 0.4) is 0 Å². The second-order valence-electron chi connectivity index (χ2n) is 5.82. The number of hydrogen-bond acceptors (Lipinski definition) is 4. The van der Waals surface area contributed by atoms with Crippen LogP contribution in [0.15, 0.2) is 24.3 Å².